The Morgan fingerprint density at radius 3 is 1.80 bits per heavy atom. The number of anilines is 1. The molecular formula is C18H28N2. The first-order valence-electron chi connectivity index (χ1n) is 8.00. The molecular weight excluding hydrogens is 244 g/mol. The van der Waals surface area contributed by atoms with Crippen LogP contribution in [0.15, 0.2) is 6.07 Å². The van der Waals surface area contributed by atoms with Crippen LogP contribution in [-0.2, 0) is 25.7 Å². The third kappa shape index (κ3) is 1.96. The van der Waals surface area contributed by atoms with E-state index in [1.807, 2.05) is 0 Å². The van der Waals surface area contributed by atoms with Crippen molar-refractivity contribution in [2.75, 3.05) is 26.0 Å². The van der Waals surface area contributed by atoms with Crippen molar-refractivity contribution in [3.05, 3.63) is 28.3 Å². The standard InChI is InChI=1S/C18H28N2/c1-18(2,19(3)4)20(5)17-15-10-6-8-13(15)12-14-9-7-11-16(14)17/h12H,6-11H2,1-5H3. The molecule has 0 heterocycles. The van der Waals surface area contributed by atoms with Gasteiger partial charge in [-0.15, -0.1) is 0 Å². The molecule has 20 heavy (non-hydrogen) atoms. The summed E-state index contributed by atoms with van der Waals surface area (Å²) in [6, 6.07) is 2.52. The van der Waals surface area contributed by atoms with Crippen molar-refractivity contribution < 1.29 is 0 Å². The van der Waals surface area contributed by atoms with Crippen LogP contribution in [0.25, 0.3) is 0 Å². The minimum Gasteiger partial charge on any atom is -0.356 e. The smallest absolute Gasteiger partial charge is 0.0868 e. The molecule has 0 amide bonds. The highest BCUT2D eigenvalue weighted by Gasteiger charge is 2.33. The van der Waals surface area contributed by atoms with E-state index < -0.39 is 0 Å². The second-order valence-electron chi connectivity index (χ2n) is 7.16. The second-order valence-corrected chi connectivity index (χ2v) is 7.16. The molecule has 110 valence electrons. The van der Waals surface area contributed by atoms with Crippen molar-refractivity contribution in [1.82, 2.24) is 4.90 Å². The topological polar surface area (TPSA) is 6.48 Å². The fourth-order valence-corrected chi connectivity index (χ4v) is 3.76. The number of aryl methyl sites for hydroxylation is 2. The molecule has 0 N–H and O–H groups in total. The summed E-state index contributed by atoms with van der Waals surface area (Å²) in [5.74, 6) is 0. The molecule has 0 aromatic heterocycles. The van der Waals surface area contributed by atoms with Crippen LogP contribution in [0, 0.1) is 0 Å². The molecule has 1 aromatic carbocycles. The van der Waals surface area contributed by atoms with Gasteiger partial charge in [-0.3, -0.25) is 4.90 Å². The highest BCUT2D eigenvalue weighted by molar-refractivity contribution is 5.68. The Balaban J connectivity index is 2.14. The quantitative estimate of drug-likeness (QED) is 0.778. The summed E-state index contributed by atoms with van der Waals surface area (Å²) in [5, 5.41) is 0. The maximum Gasteiger partial charge on any atom is 0.0868 e. The van der Waals surface area contributed by atoms with Gasteiger partial charge in [0.25, 0.3) is 0 Å². The van der Waals surface area contributed by atoms with Gasteiger partial charge < -0.3 is 4.90 Å². The Kier molecular flexibility index (Phi) is 3.32. The van der Waals surface area contributed by atoms with Gasteiger partial charge >= 0.3 is 0 Å². The molecule has 0 spiro atoms. The lowest BCUT2D eigenvalue weighted by atomic mass is 9.96. The zero-order valence-electron chi connectivity index (χ0n) is 13.7. The molecule has 2 nitrogen and oxygen atoms in total. The second kappa shape index (κ2) is 4.77. The normalized spacial score (nSPS) is 17.5. The van der Waals surface area contributed by atoms with Gasteiger partial charge in [0, 0.05) is 12.7 Å². The van der Waals surface area contributed by atoms with E-state index in [1.54, 1.807) is 27.9 Å². The molecule has 2 heteroatoms. The Bertz CT molecular complexity index is 496. The third-order valence-corrected chi connectivity index (χ3v) is 5.69. The van der Waals surface area contributed by atoms with Crippen LogP contribution in [0.5, 0.6) is 0 Å². The zero-order chi connectivity index (χ0) is 14.5. The lowest BCUT2D eigenvalue weighted by molar-refractivity contribution is 0.194. The van der Waals surface area contributed by atoms with Crippen molar-refractivity contribution in [1.29, 1.82) is 0 Å². The molecule has 0 unspecified atom stereocenters. The first-order chi connectivity index (χ1) is 9.43. The summed E-state index contributed by atoms with van der Waals surface area (Å²) < 4.78 is 0. The largest absolute Gasteiger partial charge is 0.356 e. The van der Waals surface area contributed by atoms with Crippen LogP contribution >= 0.6 is 0 Å². The Morgan fingerprint density at radius 2 is 1.35 bits per heavy atom. The lowest BCUT2D eigenvalue weighted by Gasteiger charge is -2.44. The number of benzene rings is 1. The number of hydrogen-bond acceptors (Lipinski definition) is 2. The average Bonchev–Trinajstić information content (AvgIpc) is 3.02. The highest BCUT2D eigenvalue weighted by atomic mass is 15.4. The van der Waals surface area contributed by atoms with Gasteiger partial charge in [0.05, 0.1) is 5.66 Å². The van der Waals surface area contributed by atoms with Crippen molar-refractivity contribution in [3.63, 3.8) is 0 Å². The Hall–Kier alpha value is -1.02. The SMILES string of the molecule is CN(C)C(C)(C)N(C)c1c2c(cc3c1CCC3)CCC2. The fraction of sp³-hybridized carbons (Fsp3) is 0.667. The molecule has 1 aromatic rings. The molecule has 0 saturated carbocycles. The summed E-state index contributed by atoms with van der Waals surface area (Å²) in [6.45, 7) is 4.64. The monoisotopic (exact) mass is 272 g/mol. The Labute approximate surface area is 123 Å². The van der Waals surface area contributed by atoms with E-state index in [9.17, 15) is 0 Å². The van der Waals surface area contributed by atoms with Crippen LogP contribution in [0.1, 0.15) is 48.9 Å². The molecule has 0 radical (unpaired) electrons. The van der Waals surface area contributed by atoms with Crippen LogP contribution < -0.4 is 4.90 Å². The van der Waals surface area contributed by atoms with Gasteiger partial charge in [0.2, 0.25) is 0 Å². The maximum absolute atomic E-state index is 2.53. The molecule has 0 aliphatic heterocycles. The van der Waals surface area contributed by atoms with E-state index in [2.05, 4.69) is 50.9 Å². The van der Waals surface area contributed by atoms with Crippen molar-refractivity contribution >= 4 is 5.69 Å². The van der Waals surface area contributed by atoms with Crippen molar-refractivity contribution in [2.45, 2.75) is 58.0 Å². The summed E-state index contributed by atoms with van der Waals surface area (Å²) in [6.07, 6.45) is 7.78. The van der Waals surface area contributed by atoms with Crippen molar-refractivity contribution in [3.8, 4) is 0 Å². The zero-order valence-corrected chi connectivity index (χ0v) is 13.7. The summed E-state index contributed by atoms with van der Waals surface area (Å²) in [5.41, 5.74) is 8.15. The lowest BCUT2D eigenvalue weighted by Crippen LogP contribution is -2.52. The third-order valence-electron chi connectivity index (χ3n) is 5.69. The molecule has 0 saturated heterocycles. The molecule has 0 fully saturated rings. The first-order valence-corrected chi connectivity index (χ1v) is 8.00. The molecule has 2 aliphatic rings. The van der Waals surface area contributed by atoms with E-state index >= 15 is 0 Å². The van der Waals surface area contributed by atoms with Crippen LogP contribution in [0.4, 0.5) is 5.69 Å². The molecule has 3 rings (SSSR count). The van der Waals surface area contributed by atoms with E-state index in [1.165, 1.54) is 38.5 Å². The Morgan fingerprint density at radius 1 is 0.850 bits per heavy atom. The predicted molar refractivity (Wildman–Crippen MR) is 86.7 cm³/mol. The van der Waals surface area contributed by atoms with Crippen LogP contribution in [0.3, 0.4) is 0 Å². The van der Waals surface area contributed by atoms with Gasteiger partial charge in [-0.25, -0.2) is 0 Å². The highest BCUT2D eigenvalue weighted by Crippen LogP contribution is 2.42. The van der Waals surface area contributed by atoms with Crippen LogP contribution in [-0.4, -0.2) is 31.7 Å². The molecule has 2 aliphatic carbocycles. The molecule has 0 bridgehead atoms. The van der Waals surface area contributed by atoms with Crippen molar-refractivity contribution in [2.24, 2.45) is 0 Å². The van der Waals surface area contributed by atoms with Gasteiger partial charge in [0.1, 0.15) is 0 Å². The van der Waals surface area contributed by atoms with E-state index in [0.29, 0.717) is 0 Å². The van der Waals surface area contributed by atoms with Gasteiger partial charge in [-0.1, -0.05) is 6.07 Å². The number of hydrogen-bond donors (Lipinski definition) is 0. The van der Waals surface area contributed by atoms with Crippen LogP contribution in [0.2, 0.25) is 0 Å². The van der Waals surface area contributed by atoms with E-state index in [0.717, 1.165) is 0 Å². The maximum atomic E-state index is 2.53. The fourth-order valence-electron chi connectivity index (χ4n) is 3.76. The summed E-state index contributed by atoms with van der Waals surface area (Å²) in [4.78, 5) is 4.85. The van der Waals surface area contributed by atoms with Gasteiger partial charge in [-0.05, 0) is 88.7 Å². The number of rotatable bonds is 3. The first kappa shape index (κ1) is 13.9. The number of nitrogens with zero attached hydrogens (tertiary/aromatic N) is 2. The van der Waals surface area contributed by atoms with E-state index in [-0.39, 0.29) is 5.66 Å². The van der Waals surface area contributed by atoms with E-state index in [4.69, 9.17) is 0 Å². The summed E-state index contributed by atoms with van der Waals surface area (Å²) in [7, 11) is 6.65. The average molecular weight is 272 g/mol. The van der Waals surface area contributed by atoms with Gasteiger partial charge in [0.15, 0.2) is 0 Å². The summed E-state index contributed by atoms with van der Waals surface area (Å²) >= 11 is 0. The minimum absolute atomic E-state index is 0.0497. The minimum atomic E-state index is 0.0497. The predicted octanol–water partition coefficient (Wildman–Crippen LogP) is 3.40. The molecule has 0 atom stereocenters. The number of fused-ring (bicyclic) bond motifs is 2. The van der Waals surface area contributed by atoms with Gasteiger partial charge in [-0.2, -0.15) is 0 Å².